The van der Waals surface area contributed by atoms with Crippen LogP contribution in [0.25, 0.3) is 0 Å². The van der Waals surface area contributed by atoms with Gasteiger partial charge in [0.2, 0.25) is 0 Å². The van der Waals surface area contributed by atoms with Gasteiger partial charge in [0, 0.05) is 50.4 Å². The molecule has 1 saturated heterocycles. The fraction of sp³-hybridized carbons (Fsp3) is 0.480. The zero-order valence-electron chi connectivity index (χ0n) is 18.7. The van der Waals surface area contributed by atoms with E-state index in [1.54, 1.807) is 7.11 Å². The number of ether oxygens (including phenoxy) is 1. The Labute approximate surface area is 190 Å². The number of carbonyl (C=O) groups excluding carboxylic acids is 1. The predicted molar refractivity (Wildman–Crippen MR) is 125 cm³/mol. The molecule has 0 unspecified atom stereocenters. The van der Waals surface area contributed by atoms with Crippen molar-refractivity contribution in [3.8, 4) is 5.75 Å². The lowest BCUT2D eigenvalue weighted by atomic mass is 9.93. The third-order valence-electron chi connectivity index (χ3n) is 6.72. The third-order valence-corrected chi connectivity index (χ3v) is 7.01. The summed E-state index contributed by atoms with van der Waals surface area (Å²) in [5.74, 6) is 0.882. The molecule has 0 atom stereocenters. The van der Waals surface area contributed by atoms with Crippen molar-refractivity contribution < 1.29 is 9.53 Å². The number of rotatable bonds is 6. The summed E-state index contributed by atoms with van der Waals surface area (Å²) in [6, 6.07) is 12.2. The maximum Gasteiger partial charge on any atom is 0.254 e. The van der Waals surface area contributed by atoms with E-state index in [9.17, 15) is 4.79 Å². The molecule has 0 radical (unpaired) electrons. The lowest BCUT2D eigenvalue weighted by Crippen LogP contribution is -2.46. The number of piperazine rings is 1. The first-order valence-electron chi connectivity index (χ1n) is 11.1. The van der Waals surface area contributed by atoms with Crippen LogP contribution in [-0.4, -0.2) is 54.5 Å². The van der Waals surface area contributed by atoms with Crippen LogP contribution < -0.4 is 10.1 Å². The second-order valence-corrected chi connectivity index (χ2v) is 9.53. The SMILES string of the molecule is COc1ccc(CCC(C)(C)N2Cc3cccc(C(=O)N4CCNCC4)c3C2)cc1Cl. The fourth-order valence-electron chi connectivity index (χ4n) is 4.56. The minimum absolute atomic E-state index is 0.000780. The Bertz CT molecular complexity index is 954. The smallest absolute Gasteiger partial charge is 0.254 e. The second-order valence-electron chi connectivity index (χ2n) is 9.12. The Hall–Kier alpha value is -2.08. The summed E-state index contributed by atoms with van der Waals surface area (Å²) in [5, 5.41) is 3.98. The van der Waals surface area contributed by atoms with Crippen molar-refractivity contribution in [2.24, 2.45) is 0 Å². The molecule has 0 aliphatic carbocycles. The van der Waals surface area contributed by atoms with Crippen molar-refractivity contribution in [2.75, 3.05) is 33.3 Å². The molecule has 0 spiro atoms. The molecule has 2 aliphatic heterocycles. The molecule has 1 fully saturated rings. The molecule has 2 aliphatic rings. The van der Waals surface area contributed by atoms with Crippen molar-refractivity contribution in [3.63, 3.8) is 0 Å². The van der Waals surface area contributed by atoms with E-state index in [1.165, 1.54) is 16.7 Å². The Kier molecular flexibility index (Phi) is 6.56. The van der Waals surface area contributed by atoms with E-state index in [1.807, 2.05) is 29.2 Å². The number of hydrogen-bond acceptors (Lipinski definition) is 4. The summed E-state index contributed by atoms with van der Waals surface area (Å²) in [5.41, 5.74) is 4.57. The summed E-state index contributed by atoms with van der Waals surface area (Å²) in [4.78, 5) is 17.6. The summed E-state index contributed by atoms with van der Waals surface area (Å²) in [6.45, 7) is 9.59. The van der Waals surface area contributed by atoms with Crippen LogP contribution in [0.1, 0.15) is 47.3 Å². The minimum Gasteiger partial charge on any atom is -0.495 e. The van der Waals surface area contributed by atoms with Gasteiger partial charge in [0.15, 0.2) is 0 Å². The number of hydrogen-bond donors (Lipinski definition) is 1. The van der Waals surface area contributed by atoms with Crippen molar-refractivity contribution in [1.82, 2.24) is 15.1 Å². The van der Waals surface area contributed by atoms with Crippen LogP contribution in [0.4, 0.5) is 0 Å². The topological polar surface area (TPSA) is 44.8 Å². The van der Waals surface area contributed by atoms with E-state index in [2.05, 4.69) is 36.2 Å². The molecule has 4 rings (SSSR count). The highest BCUT2D eigenvalue weighted by Crippen LogP contribution is 2.34. The van der Waals surface area contributed by atoms with Gasteiger partial charge in [-0.25, -0.2) is 0 Å². The Morgan fingerprint density at radius 2 is 1.94 bits per heavy atom. The van der Waals surface area contributed by atoms with Gasteiger partial charge in [-0.3, -0.25) is 9.69 Å². The zero-order chi connectivity index (χ0) is 22.0. The molecule has 2 aromatic rings. The normalized spacial score (nSPS) is 17.0. The molecule has 0 aromatic heterocycles. The Morgan fingerprint density at radius 1 is 1.16 bits per heavy atom. The maximum atomic E-state index is 13.2. The van der Waals surface area contributed by atoms with E-state index in [4.69, 9.17) is 16.3 Å². The molecule has 1 amide bonds. The van der Waals surface area contributed by atoms with Crippen LogP contribution in [0.15, 0.2) is 36.4 Å². The molecule has 0 saturated carbocycles. The van der Waals surface area contributed by atoms with Gasteiger partial charge < -0.3 is 15.0 Å². The standard InChI is InChI=1S/C25H32ClN3O2/c1-25(2,10-9-18-7-8-23(31-3)22(26)15-18)29-16-19-5-4-6-20(21(19)17-29)24(30)28-13-11-27-12-14-28/h4-8,15,27H,9-14,16-17H2,1-3H3. The van der Waals surface area contributed by atoms with Gasteiger partial charge in [-0.05, 0) is 61.6 Å². The average molecular weight is 442 g/mol. The monoisotopic (exact) mass is 441 g/mol. The third kappa shape index (κ3) is 4.74. The van der Waals surface area contributed by atoms with Crippen LogP contribution in [0.2, 0.25) is 5.02 Å². The van der Waals surface area contributed by atoms with Crippen LogP contribution in [0.5, 0.6) is 5.75 Å². The second kappa shape index (κ2) is 9.19. The summed E-state index contributed by atoms with van der Waals surface area (Å²) < 4.78 is 5.26. The van der Waals surface area contributed by atoms with Gasteiger partial charge in [-0.2, -0.15) is 0 Å². The number of methoxy groups -OCH3 is 1. The Morgan fingerprint density at radius 3 is 2.65 bits per heavy atom. The average Bonchev–Trinajstić information content (AvgIpc) is 3.23. The van der Waals surface area contributed by atoms with Gasteiger partial charge in [-0.1, -0.05) is 29.8 Å². The first-order valence-corrected chi connectivity index (χ1v) is 11.4. The first kappa shape index (κ1) is 22.1. The molecule has 2 aromatic carbocycles. The minimum atomic E-state index is 0.000780. The lowest BCUT2D eigenvalue weighted by Gasteiger charge is -2.36. The lowest BCUT2D eigenvalue weighted by molar-refractivity contribution is 0.0731. The molecule has 5 nitrogen and oxygen atoms in total. The molecular weight excluding hydrogens is 410 g/mol. The number of nitrogens with one attached hydrogen (secondary N) is 1. The van der Waals surface area contributed by atoms with Gasteiger partial charge >= 0.3 is 0 Å². The highest BCUT2D eigenvalue weighted by molar-refractivity contribution is 6.32. The van der Waals surface area contributed by atoms with Crippen molar-refractivity contribution in [2.45, 2.75) is 45.3 Å². The molecule has 6 heteroatoms. The quantitative estimate of drug-likeness (QED) is 0.732. The number of carbonyl (C=O) groups is 1. The van der Waals surface area contributed by atoms with E-state index in [0.29, 0.717) is 10.8 Å². The summed E-state index contributed by atoms with van der Waals surface area (Å²) >= 11 is 6.30. The van der Waals surface area contributed by atoms with Crippen molar-refractivity contribution in [3.05, 3.63) is 63.7 Å². The van der Waals surface area contributed by atoms with Crippen LogP contribution in [0, 0.1) is 0 Å². The van der Waals surface area contributed by atoms with E-state index >= 15 is 0 Å². The van der Waals surface area contributed by atoms with Crippen molar-refractivity contribution in [1.29, 1.82) is 0 Å². The molecule has 2 heterocycles. The van der Waals surface area contributed by atoms with Gasteiger partial charge in [0.25, 0.3) is 5.91 Å². The maximum absolute atomic E-state index is 13.2. The van der Waals surface area contributed by atoms with Crippen LogP contribution in [-0.2, 0) is 19.5 Å². The van der Waals surface area contributed by atoms with Crippen LogP contribution in [0.3, 0.4) is 0 Å². The summed E-state index contributed by atoms with van der Waals surface area (Å²) in [7, 11) is 1.64. The van der Waals surface area contributed by atoms with Gasteiger partial charge in [-0.15, -0.1) is 0 Å². The number of halogens is 1. The first-order chi connectivity index (χ1) is 14.9. The largest absolute Gasteiger partial charge is 0.495 e. The molecular formula is C25H32ClN3O2. The van der Waals surface area contributed by atoms with E-state index in [0.717, 1.165) is 57.7 Å². The highest BCUT2D eigenvalue weighted by atomic mass is 35.5. The number of fused-ring (bicyclic) bond motifs is 1. The van der Waals surface area contributed by atoms with Gasteiger partial charge in [0.1, 0.15) is 5.75 Å². The number of nitrogens with zero attached hydrogens (tertiary/aromatic N) is 2. The predicted octanol–water partition coefficient (Wildman–Crippen LogP) is 4.12. The fourth-order valence-corrected chi connectivity index (χ4v) is 4.84. The number of benzene rings is 2. The molecule has 31 heavy (non-hydrogen) atoms. The van der Waals surface area contributed by atoms with E-state index < -0.39 is 0 Å². The zero-order valence-corrected chi connectivity index (χ0v) is 19.5. The highest BCUT2D eigenvalue weighted by Gasteiger charge is 2.34. The van der Waals surface area contributed by atoms with Gasteiger partial charge in [0.05, 0.1) is 12.1 Å². The Balaban J connectivity index is 1.45. The number of amides is 1. The number of aryl methyl sites for hydroxylation is 1. The summed E-state index contributed by atoms with van der Waals surface area (Å²) in [6.07, 6.45) is 1.95. The molecule has 0 bridgehead atoms. The van der Waals surface area contributed by atoms with E-state index in [-0.39, 0.29) is 11.4 Å². The van der Waals surface area contributed by atoms with Crippen LogP contribution >= 0.6 is 11.6 Å². The van der Waals surface area contributed by atoms with Crippen molar-refractivity contribution >= 4 is 17.5 Å². The molecule has 1 N–H and O–H groups in total. The molecule has 166 valence electrons.